The van der Waals surface area contributed by atoms with Crippen molar-refractivity contribution in [2.75, 3.05) is 33.0 Å². The van der Waals surface area contributed by atoms with Gasteiger partial charge in [0.25, 0.3) is 0 Å². The van der Waals surface area contributed by atoms with Crippen molar-refractivity contribution in [1.29, 1.82) is 0 Å². The van der Waals surface area contributed by atoms with E-state index in [9.17, 15) is 4.79 Å². The Morgan fingerprint density at radius 3 is 1.88 bits per heavy atom. The molecule has 0 heterocycles. The number of aliphatic hydroxyl groups is 3. The monoisotopic (exact) mass is 238 g/mol. The van der Waals surface area contributed by atoms with Crippen LogP contribution >= 0.6 is 0 Å². The fourth-order valence-corrected chi connectivity index (χ4v) is 0.591. The largest absolute Gasteiger partial charge is 0.458 e. The minimum Gasteiger partial charge on any atom is -0.458 e. The fraction of sp³-hybridized carbons (Fsp3) is 0.900. The number of rotatable bonds is 5. The summed E-state index contributed by atoms with van der Waals surface area (Å²) in [6, 6.07) is 0. The molecule has 0 radical (unpaired) electrons. The number of ether oxygens (including phenoxy) is 2. The van der Waals surface area contributed by atoms with Crippen molar-refractivity contribution in [2.45, 2.75) is 26.4 Å². The molecule has 0 aliphatic carbocycles. The quantitative estimate of drug-likeness (QED) is 0.433. The summed E-state index contributed by atoms with van der Waals surface area (Å²) in [6.07, 6.45) is 0. The Morgan fingerprint density at radius 1 is 1.06 bits per heavy atom. The van der Waals surface area contributed by atoms with Gasteiger partial charge in [0, 0.05) is 0 Å². The summed E-state index contributed by atoms with van der Waals surface area (Å²) in [4.78, 5) is 10.9. The van der Waals surface area contributed by atoms with Crippen LogP contribution in [0.3, 0.4) is 0 Å². The summed E-state index contributed by atoms with van der Waals surface area (Å²) < 4.78 is 9.70. The van der Waals surface area contributed by atoms with E-state index in [1.165, 1.54) is 0 Å². The number of carbonyl (C=O) groups is 1. The van der Waals surface area contributed by atoms with Gasteiger partial charge in [-0.15, -0.1) is 0 Å². The van der Waals surface area contributed by atoms with Gasteiger partial charge in [0.1, 0.15) is 12.2 Å². The van der Waals surface area contributed by atoms with Gasteiger partial charge in [0.2, 0.25) is 0 Å². The molecule has 0 unspecified atom stereocenters. The van der Waals surface area contributed by atoms with Gasteiger partial charge in [-0.05, 0) is 20.8 Å². The van der Waals surface area contributed by atoms with Gasteiger partial charge in [-0.25, -0.2) is 4.79 Å². The molecule has 0 spiro atoms. The fourth-order valence-electron chi connectivity index (χ4n) is 0.591. The van der Waals surface area contributed by atoms with Crippen LogP contribution in [0.4, 0.5) is 0 Å². The van der Waals surface area contributed by atoms with Gasteiger partial charge in [0.05, 0.1) is 26.4 Å². The minimum absolute atomic E-state index is 0.0806. The maximum atomic E-state index is 10.9. The number of carbonyl (C=O) groups excluding carboxylic acids is 1. The second kappa shape index (κ2) is 10.8. The van der Waals surface area contributed by atoms with E-state index in [1.54, 1.807) is 20.8 Å². The second-order valence-corrected chi connectivity index (χ2v) is 3.81. The molecule has 0 saturated heterocycles. The maximum Gasteiger partial charge on any atom is 0.332 e. The Bertz CT molecular complexity index is 161. The lowest BCUT2D eigenvalue weighted by Gasteiger charge is -2.19. The molecule has 98 valence electrons. The summed E-state index contributed by atoms with van der Waals surface area (Å²) in [6.45, 7) is 5.10. The molecule has 0 bridgehead atoms. The van der Waals surface area contributed by atoms with E-state index >= 15 is 0 Å². The van der Waals surface area contributed by atoms with Crippen LogP contribution in [-0.4, -0.2) is 59.9 Å². The van der Waals surface area contributed by atoms with Crippen LogP contribution in [0.15, 0.2) is 0 Å². The van der Waals surface area contributed by atoms with Crippen LogP contribution in [0.25, 0.3) is 0 Å². The highest BCUT2D eigenvalue weighted by Crippen LogP contribution is 2.06. The normalized spacial score (nSPS) is 10.4. The number of hydrogen-bond acceptors (Lipinski definition) is 6. The Balaban J connectivity index is 0. The molecule has 0 aliphatic heterocycles. The van der Waals surface area contributed by atoms with Crippen molar-refractivity contribution in [3.8, 4) is 0 Å². The smallest absolute Gasteiger partial charge is 0.332 e. The third-order valence-electron chi connectivity index (χ3n) is 0.976. The van der Waals surface area contributed by atoms with E-state index in [0.717, 1.165) is 0 Å². The summed E-state index contributed by atoms with van der Waals surface area (Å²) in [7, 11) is 0. The molecule has 0 aromatic heterocycles. The average Bonchev–Trinajstić information content (AvgIpc) is 2.16. The third kappa shape index (κ3) is 19.0. The van der Waals surface area contributed by atoms with E-state index in [2.05, 4.69) is 0 Å². The Kier molecular flexibility index (Phi) is 12.0. The molecule has 6 heteroatoms. The van der Waals surface area contributed by atoms with E-state index in [1.807, 2.05) is 0 Å². The molecule has 0 saturated carbocycles. The lowest BCUT2D eigenvalue weighted by Crippen LogP contribution is -2.26. The molecule has 0 fully saturated rings. The van der Waals surface area contributed by atoms with Crippen molar-refractivity contribution in [1.82, 2.24) is 0 Å². The van der Waals surface area contributed by atoms with Gasteiger partial charge in [-0.1, -0.05) is 0 Å². The van der Waals surface area contributed by atoms with Crippen LogP contribution < -0.4 is 0 Å². The summed E-state index contributed by atoms with van der Waals surface area (Å²) in [5.74, 6) is -0.407. The zero-order chi connectivity index (χ0) is 13.0. The molecule has 16 heavy (non-hydrogen) atoms. The predicted octanol–water partition coefficient (Wildman–Crippen LogP) is -0.692. The maximum absolute atomic E-state index is 10.9. The molecule has 0 aromatic carbocycles. The Morgan fingerprint density at radius 2 is 1.56 bits per heavy atom. The number of aliphatic hydroxyl groups excluding tert-OH is 3. The van der Waals surface area contributed by atoms with E-state index < -0.39 is 11.6 Å². The van der Waals surface area contributed by atoms with Crippen LogP contribution in [0.1, 0.15) is 20.8 Å². The van der Waals surface area contributed by atoms with Gasteiger partial charge in [-0.3, -0.25) is 0 Å². The highest BCUT2D eigenvalue weighted by Gasteiger charge is 2.15. The standard InChI is InChI=1S/C8H16O4.C2H6O2/c1-8(2,3)12-7(10)6-11-5-4-9;3-1-2-4/h9H,4-6H2,1-3H3;3-4H,1-2H2. The summed E-state index contributed by atoms with van der Waals surface area (Å²) in [5.41, 5.74) is -0.473. The molecule has 0 aromatic rings. The first-order valence-electron chi connectivity index (χ1n) is 4.99. The third-order valence-corrected chi connectivity index (χ3v) is 0.976. The summed E-state index contributed by atoms with van der Waals surface area (Å²) >= 11 is 0. The zero-order valence-corrected chi connectivity index (χ0v) is 10.1. The summed E-state index contributed by atoms with van der Waals surface area (Å²) in [5, 5.41) is 23.6. The molecule has 0 amide bonds. The van der Waals surface area contributed by atoms with Gasteiger partial charge in [0.15, 0.2) is 0 Å². The van der Waals surface area contributed by atoms with E-state index in [0.29, 0.717) is 0 Å². The van der Waals surface area contributed by atoms with Crippen molar-refractivity contribution in [3.05, 3.63) is 0 Å². The first kappa shape index (κ1) is 17.7. The molecule has 0 aliphatic rings. The molecular weight excluding hydrogens is 216 g/mol. The lowest BCUT2D eigenvalue weighted by molar-refractivity contribution is -0.160. The Hall–Kier alpha value is -0.690. The topological polar surface area (TPSA) is 96.2 Å². The van der Waals surface area contributed by atoms with E-state index in [-0.39, 0.29) is 33.0 Å². The zero-order valence-electron chi connectivity index (χ0n) is 10.1. The van der Waals surface area contributed by atoms with Crippen molar-refractivity contribution >= 4 is 5.97 Å². The van der Waals surface area contributed by atoms with Crippen LogP contribution in [0.2, 0.25) is 0 Å². The number of hydrogen-bond donors (Lipinski definition) is 3. The van der Waals surface area contributed by atoms with Crippen LogP contribution in [0.5, 0.6) is 0 Å². The second-order valence-electron chi connectivity index (χ2n) is 3.81. The average molecular weight is 238 g/mol. The van der Waals surface area contributed by atoms with Crippen LogP contribution in [-0.2, 0) is 14.3 Å². The highest BCUT2D eigenvalue weighted by molar-refractivity contribution is 5.71. The first-order chi connectivity index (χ1) is 7.37. The van der Waals surface area contributed by atoms with Gasteiger partial charge < -0.3 is 24.8 Å². The van der Waals surface area contributed by atoms with Crippen molar-refractivity contribution in [3.63, 3.8) is 0 Å². The molecule has 0 rings (SSSR count). The Labute approximate surface area is 95.8 Å². The van der Waals surface area contributed by atoms with Gasteiger partial charge >= 0.3 is 5.97 Å². The predicted molar refractivity (Wildman–Crippen MR) is 57.9 cm³/mol. The SMILES string of the molecule is CC(C)(C)OC(=O)COCCO.OCCO. The first-order valence-corrected chi connectivity index (χ1v) is 4.99. The van der Waals surface area contributed by atoms with Crippen molar-refractivity contribution < 1.29 is 29.6 Å². The molecule has 6 nitrogen and oxygen atoms in total. The number of esters is 1. The lowest BCUT2D eigenvalue weighted by atomic mass is 10.2. The minimum atomic E-state index is -0.473. The molecular formula is C10H22O6. The molecule has 0 atom stereocenters. The highest BCUT2D eigenvalue weighted by atomic mass is 16.6. The van der Waals surface area contributed by atoms with Crippen LogP contribution in [0, 0.1) is 0 Å². The van der Waals surface area contributed by atoms with Gasteiger partial charge in [-0.2, -0.15) is 0 Å². The van der Waals surface area contributed by atoms with Crippen molar-refractivity contribution in [2.24, 2.45) is 0 Å². The van der Waals surface area contributed by atoms with E-state index in [4.69, 9.17) is 24.8 Å². The molecule has 3 N–H and O–H groups in total.